The van der Waals surface area contributed by atoms with Gasteiger partial charge in [-0.3, -0.25) is 20.2 Å². The molecule has 0 unspecified atom stereocenters. The zero-order valence-electron chi connectivity index (χ0n) is 13.1. The molecule has 3 amide bonds. The molecule has 0 bridgehead atoms. The molecule has 0 saturated carbocycles. The Morgan fingerprint density at radius 2 is 2.00 bits per heavy atom. The molecule has 0 aliphatic rings. The summed E-state index contributed by atoms with van der Waals surface area (Å²) in [6.45, 7) is 3.26. The zero-order chi connectivity index (χ0) is 18.3. The van der Waals surface area contributed by atoms with Crippen LogP contribution in [0.25, 0.3) is 6.08 Å². The molecule has 9 heteroatoms. The van der Waals surface area contributed by atoms with Gasteiger partial charge in [0.05, 0.1) is 4.92 Å². The maximum Gasteiger partial charge on any atom is 0.331 e. The van der Waals surface area contributed by atoms with Crippen LogP contribution in [0.3, 0.4) is 0 Å². The highest BCUT2D eigenvalue weighted by atomic mass is 16.6. The van der Waals surface area contributed by atoms with Crippen LogP contribution in [-0.2, 0) is 14.3 Å². The Hall–Kier alpha value is -3.23. The van der Waals surface area contributed by atoms with Crippen molar-refractivity contribution in [3.63, 3.8) is 0 Å². The Bertz CT molecular complexity index is 684. The first-order chi connectivity index (χ1) is 11.2. The van der Waals surface area contributed by atoms with E-state index in [9.17, 15) is 24.5 Å². The van der Waals surface area contributed by atoms with Gasteiger partial charge in [-0.15, -0.1) is 0 Å². The van der Waals surface area contributed by atoms with Gasteiger partial charge in [0.1, 0.15) is 0 Å². The third kappa shape index (κ3) is 5.87. The highest BCUT2D eigenvalue weighted by molar-refractivity contribution is 5.97. The minimum atomic E-state index is -1.19. The second-order valence-electron chi connectivity index (χ2n) is 5.14. The van der Waals surface area contributed by atoms with Crippen LogP contribution in [0.15, 0.2) is 30.3 Å². The lowest BCUT2D eigenvalue weighted by Gasteiger charge is -2.18. The Morgan fingerprint density at radius 3 is 2.54 bits per heavy atom. The third-order valence-corrected chi connectivity index (χ3v) is 2.85. The molecule has 128 valence electrons. The lowest BCUT2D eigenvalue weighted by molar-refractivity contribution is -0.384. The van der Waals surface area contributed by atoms with Gasteiger partial charge in [0.2, 0.25) is 0 Å². The van der Waals surface area contributed by atoms with Gasteiger partial charge < -0.3 is 10.5 Å². The summed E-state index contributed by atoms with van der Waals surface area (Å²) in [5.74, 6) is -2.05. The van der Waals surface area contributed by atoms with Crippen molar-refractivity contribution in [3.8, 4) is 0 Å². The number of carbonyl (C=O) groups is 3. The van der Waals surface area contributed by atoms with Crippen LogP contribution < -0.4 is 11.1 Å². The molecule has 0 fully saturated rings. The van der Waals surface area contributed by atoms with Crippen LogP contribution in [-0.4, -0.2) is 28.9 Å². The first-order valence-electron chi connectivity index (χ1n) is 6.94. The lowest BCUT2D eigenvalue weighted by atomic mass is 10.1. The number of urea groups is 1. The number of carbonyl (C=O) groups excluding carboxylic acids is 3. The van der Waals surface area contributed by atoms with Crippen LogP contribution in [0.4, 0.5) is 10.5 Å². The van der Waals surface area contributed by atoms with E-state index < -0.39 is 28.9 Å². The Labute approximate surface area is 137 Å². The second-order valence-corrected chi connectivity index (χ2v) is 5.14. The van der Waals surface area contributed by atoms with Crippen LogP contribution in [0, 0.1) is 16.0 Å². The third-order valence-electron chi connectivity index (χ3n) is 2.85. The lowest BCUT2D eigenvalue weighted by Crippen LogP contribution is -2.45. The summed E-state index contributed by atoms with van der Waals surface area (Å²) in [4.78, 5) is 44.4. The molecule has 3 N–H and O–H groups in total. The number of hydrogen-bond donors (Lipinski definition) is 2. The van der Waals surface area contributed by atoms with Crippen molar-refractivity contribution in [2.45, 2.75) is 20.0 Å². The molecular formula is C15H17N3O6. The minimum absolute atomic E-state index is 0.119. The van der Waals surface area contributed by atoms with Gasteiger partial charge in [-0.1, -0.05) is 26.0 Å². The molecule has 1 aromatic carbocycles. The maximum atomic E-state index is 11.8. The molecule has 24 heavy (non-hydrogen) atoms. The predicted molar refractivity (Wildman–Crippen MR) is 84.6 cm³/mol. The highest BCUT2D eigenvalue weighted by Crippen LogP contribution is 2.14. The number of nitro benzene ring substituents is 1. The summed E-state index contributed by atoms with van der Waals surface area (Å²) in [6, 6.07) is 4.59. The minimum Gasteiger partial charge on any atom is -0.449 e. The number of nitrogens with one attached hydrogen (secondary N) is 1. The number of esters is 1. The van der Waals surface area contributed by atoms with E-state index in [-0.39, 0.29) is 11.6 Å². The summed E-state index contributed by atoms with van der Waals surface area (Å²) < 4.78 is 4.99. The molecule has 0 aliphatic carbocycles. The summed E-state index contributed by atoms with van der Waals surface area (Å²) in [5, 5.41) is 12.5. The van der Waals surface area contributed by atoms with Crippen molar-refractivity contribution in [2.24, 2.45) is 11.7 Å². The molecule has 1 aromatic rings. The number of rotatable bonds is 6. The molecule has 0 spiro atoms. The average Bonchev–Trinajstić information content (AvgIpc) is 2.49. The standard InChI is InChI=1S/C15H17N3O6/c1-9(2)13(14(20)17-15(16)21)24-12(19)7-6-10-4-3-5-11(8-10)18(22)23/h3-9,13H,1-2H3,(H3,16,17,20,21)/b7-6+/t13-/m0/s1. The molecule has 1 rings (SSSR count). The van der Waals surface area contributed by atoms with E-state index in [0.717, 1.165) is 6.08 Å². The fourth-order valence-corrected chi connectivity index (χ4v) is 1.76. The van der Waals surface area contributed by atoms with Crippen LogP contribution in [0.5, 0.6) is 0 Å². The number of nitrogens with zero attached hydrogens (tertiary/aromatic N) is 1. The molecule has 0 aromatic heterocycles. The number of nitro groups is 1. The van der Waals surface area contributed by atoms with Gasteiger partial charge in [0, 0.05) is 18.2 Å². The number of nitrogens with two attached hydrogens (primary N) is 1. The normalized spacial score (nSPS) is 12.0. The van der Waals surface area contributed by atoms with Gasteiger partial charge in [-0.2, -0.15) is 0 Å². The second kappa shape index (κ2) is 8.42. The topological polar surface area (TPSA) is 142 Å². The molecule has 0 heterocycles. The van der Waals surface area contributed by atoms with Gasteiger partial charge in [-0.05, 0) is 17.6 Å². The van der Waals surface area contributed by atoms with Crippen molar-refractivity contribution in [1.29, 1.82) is 0 Å². The van der Waals surface area contributed by atoms with E-state index in [0.29, 0.717) is 5.56 Å². The van der Waals surface area contributed by atoms with Gasteiger partial charge in [0.25, 0.3) is 11.6 Å². The largest absolute Gasteiger partial charge is 0.449 e. The average molecular weight is 335 g/mol. The van der Waals surface area contributed by atoms with Crippen molar-refractivity contribution < 1.29 is 24.0 Å². The fourth-order valence-electron chi connectivity index (χ4n) is 1.76. The molecule has 0 saturated heterocycles. The van der Waals surface area contributed by atoms with Gasteiger partial charge in [-0.25, -0.2) is 9.59 Å². The smallest absolute Gasteiger partial charge is 0.331 e. The van der Waals surface area contributed by atoms with Crippen LogP contribution >= 0.6 is 0 Å². The van der Waals surface area contributed by atoms with Crippen molar-refractivity contribution in [2.75, 3.05) is 0 Å². The fraction of sp³-hybridized carbons (Fsp3) is 0.267. The van der Waals surface area contributed by atoms with E-state index in [4.69, 9.17) is 10.5 Å². The summed E-state index contributed by atoms with van der Waals surface area (Å²) in [7, 11) is 0. The van der Waals surface area contributed by atoms with Crippen LogP contribution in [0.2, 0.25) is 0 Å². The summed E-state index contributed by atoms with van der Waals surface area (Å²) >= 11 is 0. The van der Waals surface area contributed by atoms with Gasteiger partial charge in [0.15, 0.2) is 6.10 Å². The number of hydrogen-bond acceptors (Lipinski definition) is 6. The van der Waals surface area contributed by atoms with Crippen molar-refractivity contribution in [3.05, 3.63) is 46.0 Å². The monoisotopic (exact) mass is 335 g/mol. The SMILES string of the molecule is CC(C)[C@H](OC(=O)/C=C/c1cccc([N+](=O)[O-])c1)C(=O)NC(N)=O. The van der Waals surface area contributed by atoms with E-state index in [1.807, 2.05) is 5.32 Å². The van der Waals surface area contributed by atoms with Gasteiger partial charge >= 0.3 is 12.0 Å². The first kappa shape index (κ1) is 18.8. The number of non-ortho nitro benzene ring substituents is 1. The zero-order valence-corrected chi connectivity index (χ0v) is 13.1. The molecule has 0 radical (unpaired) electrons. The van der Waals surface area contributed by atoms with E-state index in [1.165, 1.54) is 24.3 Å². The number of amides is 3. The number of ether oxygens (including phenoxy) is 1. The first-order valence-corrected chi connectivity index (χ1v) is 6.94. The maximum absolute atomic E-state index is 11.8. The summed E-state index contributed by atoms with van der Waals surface area (Å²) in [6.07, 6.45) is 1.16. The Kier molecular flexibility index (Phi) is 6.60. The molecule has 9 nitrogen and oxygen atoms in total. The Balaban J connectivity index is 2.78. The Morgan fingerprint density at radius 1 is 1.33 bits per heavy atom. The number of primary amides is 1. The summed E-state index contributed by atoms with van der Waals surface area (Å²) in [5.41, 5.74) is 5.16. The number of benzene rings is 1. The van der Waals surface area contributed by atoms with Crippen molar-refractivity contribution in [1.82, 2.24) is 5.32 Å². The molecule has 0 aliphatic heterocycles. The predicted octanol–water partition coefficient (Wildman–Crippen LogP) is 1.37. The van der Waals surface area contributed by atoms with Crippen molar-refractivity contribution >= 4 is 29.7 Å². The quantitative estimate of drug-likeness (QED) is 0.348. The van der Waals surface area contributed by atoms with E-state index in [1.54, 1.807) is 19.9 Å². The molecular weight excluding hydrogens is 318 g/mol. The molecule has 1 atom stereocenters. The number of imide groups is 1. The van der Waals surface area contributed by atoms with E-state index >= 15 is 0 Å². The van der Waals surface area contributed by atoms with E-state index in [2.05, 4.69) is 0 Å². The van der Waals surface area contributed by atoms with Crippen LogP contribution in [0.1, 0.15) is 19.4 Å². The highest BCUT2D eigenvalue weighted by Gasteiger charge is 2.26.